The average Bonchev–Trinajstić information content (AvgIpc) is 2.83. The highest BCUT2D eigenvalue weighted by atomic mass is 32.1. The van der Waals surface area contributed by atoms with Gasteiger partial charge in [0.1, 0.15) is 16.5 Å². The third-order valence-electron chi connectivity index (χ3n) is 2.55. The number of thiazole rings is 1. The number of nitrogens with one attached hydrogen (secondary N) is 1. The molecular weight excluding hydrogens is 294 g/mol. The molecule has 2 aromatic rings. The second-order valence-electron chi connectivity index (χ2n) is 4.34. The molecule has 0 radical (unpaired) electrons. The molecule has 0 fully saturated rings. The smallest absolute Gasteiger partial charge is 0.309 e. The van der Waals surface area contributed by atoms with Gasteiger partial charge in [-0.2, -0.15) is 0 Å². The van der Waals surface area contributed by atoms with Crippen molar-refractivity contribution in [1.29, 1.82) is 0 Å². The van der Waals surface area contributed by atoms with E-state index in [-0.39, 0.29) is 24.6 Å². The van der Waals surface area contributed by atoms with Gasteiger partial charge in [-0.25, -0.2) is 9.97 Å². The molecule has 7 nitrogen and oxygen atoms in total. The van der Waals surface area contributed by atoms with Crippen LogP contribution in [0.15, 0.2) is 17.6 Å². The first-order valence-corrected chi connectivity index (χ1v) is 6.92. The number of rotatable bonds is 5. The number of carboxylic acid groups (broad SMARTS) is 1. The highest BCUT2D eigenvalue weighted by Crippen LogP contribution is 2.30. The van der Waals surface area contributed by atoms with Gasteiger partial charge in [0.15, 0.2) is 0 Å². The minimum Gasteiger partial charge on any atom is -0.506 e. The maximum atomic E-state index is 10.8. The molecule has 0 aliphatic rings. The van der Waals surface area contributed by atoms with E-state index in [0.717, 1.165) is 0 Å². The van der Waals surface area contributed by atoms with Crippen molar-refractivity contribution in [3.05, 3.63) is 28.9 Å². The molecule has 0 saturated carbocycles. The van der Waals surface area contributed by atoms with E-state index >= 15 is 0 Å². The van der Waals surface area contributed by atoms with Gasteiger partial charge in [-0.3, -0.25) is 9.59 Å². The first kappa shape index (κ1) is 14.9. The fraction of sp³-hybridized carbons (Fsp3) is 0.231. The fourth-order valence-electron chi connectivity index (χ4n) is 1.63. The van der Waals surface area contributed by atoms with E-state index in [4.69, 9.17) is 5.11 Å². The predicted molar refractivity (Wildman–Crippen MR) is 75.9 cm³/mol. The molecule has 0 atom stereocenters. The number of pyridine rings is 1. The van der Waals surface area contributed by atoms with Crippen LogP contribution in [0.5, 0.6) is 5.75 Å². The molecule has 2 aromatic heterocycles. The Morgan fingerprint density at radius 2 is 2.19 bits per heavy atom. The molecule has 1 amide bonds. The van der Waals surface area contributed by atoms with Gasteiger partial charge in [-0.1, -0.05) is 0 Å². The minimum absolute atomic E-state index is 0.0610. The Balaban J connectivity index is 2.18. The van der Waals surface area contributed by atoms with Crippen molar-refractivity contribution in [2.24, 2.45) is 0 Å². The quantitative estimate of drug-likeness (QED) is 0.764. The number of aromatic hydroxyl groups is 1. The standard InChI is InChI=1S/C13H13N3O4S/c1-7(17)14-4-8-2-10(18)12(15-5-8)13-16-9(6-21-13)3-11(19)20/h2,5-6,18H,3-4H2,1H3,(H,14,17)(H,19,20). The summed E-state index contributed by atoms with van der Waals surface area (Å²) >= 11 is 1.22. The largest absolute Gasteiger partial charge is 0.506 e. The Morgan fingerprint density at radius 1 is 1.43 bits per heavy atom. The Bertz CT molecular complexity index is 684. The summed E-state index contributed by atoms with van der Waals surface area (Å²) in [6.45, 7) is 1.68. The summed E-state index contributed by atoms with van der Waals surface area (Å²) in [5, 5.41) is 23.4. The van der Waals surface area contributed by atoms with Crippen molar-refractivity contribution >= 4 is 23.2 Å². The van der Waals surface area contributed by atoms with Crippen LogP contribution in [0.3, 0.4) is 0 Å². The number of aromatic nitrogens is 2. The molecule has 0 aliphatic carbocycles. The topological polar surface area (TPSA) is 112 Å². The van der Waals surface area contributed by atoms with Crippen LogP contribution in [0, 0.1) is 0 Å². The van der Waals surface area contributed by atoms with Gasteiger partial charge in [-0.15, -0.1) is 11.3 Å². The number of hydrogen-bond acceptors (Lipinski definition) is 6. The van der Waals surface area contributed by atoms with Gasteiger partial charge in [0.25, 0.3) is 0 Å². The lowest BCUT2D eigenvalue weighted by atomic mass is 10.2. The Hall–Kier alpha value is -2.48. The van der Waals surface area contributed by atoms with Gasteiger partial charge in [-0.05, 0) is 11.6 Å². The third-order valence-corrected chi connectivity index (χ3v) is 3.45. The monoisotopic (exact) mass is 307 g/mol. The Kier molecular flexibility index (Phi) is 4.49. The molecule has 0 saturated heterocycles. The summed E-state index contributed by atoms with van der Waals surface area (Å²) < 4.78 is 0. The van der Waals surface area contributed by atoms with Crippen LogP contribution in [0.25, 0.3) is 10.7 Å². The fourth-order valence-corrected chi connectivity index (χ4v) is 2.46. The van der Waals surface area contributed by atoms with Crippen molar-refractivity contribution in [2.45, 2.75) is 19.9 Å². The number of carboxylic acids is 1. The number of hydrogen-bond donors (Lipinski definition) is 3. The van der Waals surface area contributed by atoms with Crippen molar-refractivity contribution in [2.75, 3.05) is 0 Å². The van der Waals surface area contributed by atoms with Crippen LogP contribution in [-0.4, -0.2) is 32.1 Å². The third kappa shape index (κ3) is 3.99. The highest BCUT2D eigenvalue weighted by Gasteiger charge is 2.13. The molecule has 0 spiro atoms. The molecule has 0 bridgehead atoms. The zero-order valence-corrected chi connectivity index (χ0v) is 12.0. The molecule has 2 rings (SSSR count). The molecule has 8 heteroatoms. The Morgan fingerprint density at radius 3 is 2.81 bits per heavy atom. The summed E-state index contributed by atoms with van der Waals surface area (Å²) in [6, 6.07) is 1.50. The SMILES string of the molecule is CC(=O)NCc1cnc(-c2nc(CC(=O)O)cs2)c(O)c1. The van der Waals surface area contributed by atoms with Crippen LogP contribution in [-0.2, 0) is 22.6 Å². The number of carbonyl (C=O) groups is 2. The van der Waals surface area contributed by atoms with E-state index in [1.54, 1.807) is 5.38 Å². The van der Waals surface area contributed by atoms with E-state index in [2.05, 4.69) is 15.3 Å². The zero-order chi connectivity index (χ0) is 15.4. The van der Waals surface area contributed by atoms with E-state index in [1.807, 2.05) is 0 Å². The van der Waals surface area contributed by atoms with Gasteiger partial charge in [0, 0.05) is 25.0 Å². The molecule has 0 aliphatic heterocycles. The lowest BCUT2D eigenvalue weighted by Crippen LogP contribution is -2.18. The normalized spacial score (nSPS) is 10.3. The van der Waals surface area contributed by atoms with Crippen LogP contribution < -0.4 is 5.32 Å². The van der Waals surface area contributed by atoms with Crippen LogP contribution >= 0.6 is 11.3 Å². The van der Waals surface area contributed by atoms with E-state index in [9.17, 15) is 14.7 Å². The number of amides is 1. The summed E-state index contributed by atoms with van der Waals surface area (Å²) in [7, 11) is 0. The van der Waals surface area contributed by atoms with Gasteiger partial charge in [0.05, 0.1) is 12.1 Å². The molecule has 110 valence electrons. The van der Waals surface area contributed by atoms with Crippen LogP contribution in [0.4, 0.5) is 0 Å². The summed E-state index contributed by atoms with van der Waals surface area (Å²) in [5.41, 5.74) is 1.38. The molecule has 21 heavy (non-hydrogen) atoms. The highest BCUT2D eigenvalue weighted by molar-refractivity contribution is 7.13. The van der Waals surface area contributed by atoms with Gasteiger partial charge >= 0.3 is 5.97 Å². The summed E-state index contributed by atoms with van der Waals surface area (Å²) in [6.07, 6.45) is 1.36. The lowest BCUT2D eigenvalue weighted by molar-refractivity contribution is -0.136. The van der Waals surface area contributed by atoms with E-state index in [1.165, 1.54) is 30.5 Å². The van der Waals surface area contributed by atoms with E-state index in [0.29, 0.717) is 22.0 Å². The predicted octanol–water partition coefficient (Wildman–Crippen LogP) is 1.17. The van der Waals surface area contributed by atoms with Crippen molar-refractivity contribution in [3.8, 4) is 16.5 Å². The maximum absolute atomic E-state index is 10.8. The average molecular weight is 307 g/mol. The van der Waals surface area contributed by atoms with Gasteiger partial charge < -0.3 is 15.5 Å². The second-order valence-corrected chi connectivity index (χ2v) is 5.19. The number of carbonyl (C=O) groups excluding carboxylic acids is 1. The second kappa shape index (κ2) is 6.31. The lowest BCUT2D eigenvalue weighted by Gasteiger charge is -2.05. The zero-order valence-electron chi connectivity index (χ0n) is 11.2. The van der Waals surface area contributed by atoms with E-state index < -0.39 is 5.97 Å². The number of nitrogens with zero attached hydrogens (tertiary/aromatic N) is 2. The minimum atomic E-state index is -0.963. The van der Waals surface area contributed by atoms with Gasteiger partial charge in [0.2, 0.25) is 5.91 Å². The number of aliphatic carboxylic acids is 1. The van der Waals surface area contributed by atoms with Crippen LogP contribution in [0.1, 0.15) is 18.2 Å². The Labute approximate surface area is 124 Å². The summed E-state index contributed by atoms with van der Waals surface area (Å²) in [4.78, 5) is 29.7. The van der Waals surface area contributed by atoms with Crippen molar-refractivity contribution < 1.29 is 19.8 Å². The van der Waals surface area contributed by atoms with Crippen molar-refractivity contribution in [3.63, 3.8) is 0 Å². The summed E-state index contributed by atoms with van der Waals surface area (Å²) in [5.74, 6) is -1.19. The first-order chi connectivity index (χ1) is 9.95. The van der Waals surface area contributed by atoms with Crippen LogP contribution in [0.2, 0.25) is 0 Å². The molecule has 3 N–H and O–H groups in total. The first-order valence-electron chi connectivity index (χ1n) is 6.04. The van der Waals surface area contributed by atoms with Crippen molar-refractivity contribution in [1.82, 2.24) is 15.3 Å². The molecule has 0 aromatic carbocycles. The molecular formula is C13H13N3O4S. The maximum Gasteiger partial charge on any atom is 0.309 e. The molecule has 0 unspecified atom stereocenters. The molecule has 2 heterocycles.